The van der Waals surface area contributed by atoms with Crippen molar-refractivity contribution < 1.29 is 4.79 Å². The number of carbonyl (C=O) groups is 1. The summed E-state index contributed by atoms with van der Waals surface area (Å²) in [6.07, 6.45) is 1.99. The van der Waals surface area contributed by atoms with Crippen LogP contribution in [0.3, 0.4) is 0 Å². The fourth-order valence-corrected chi connectivity index (χ4v) is 6.49. The molecule has 1 N–H and O–H groups in total. The lowest BCUT2D eigenvalue weighted by Gasteiger charge is -2.41. The molecule has 7 nitrogen and oxygen atoms in total. The van der Waals surface area contributed by atoms with Crippen LogP contribution in [0.25, 0.3) is 10.9 Å². The molecular formula is C34H38N6O. The van der Waals surface area contributed by atoms with Gasteiger partial charge in [-0.1, -0.05) is 30.3 Å². The van der Waals surface area contributed by atoms with Crippen molar-refractivity contribution in [2.75, 3.05) is 55.6 Å². The Kier molecular flexibility index (Phi) is 7.42. The molecule has 3 aromatic carbocycles. The first-order chi connectivity index (χ1) is 19.9. The van der Waals surface area contributed by atoms with Gasteiger partial charge in [0.05, 0.1) is 22.5 Å². The molecule has 1 amide bonds. The third-order valence-electron chi connectivity index (χ3n) is 8.84. The SMILES string of the molecule is Cc1cc(C)c(C(=O)N2CCN(c3cccc4cc[nH]c34)C[C@@H]2C)cc1CN1CCN(c2ccccc2C#N)CC1. The maximum atomic E-state index is 13.9. The largest absolute Gasteiger partial charge is 0.368 e. The summed E-state index contributed by atoms with van der Waals surface area (Å²) in [5.41, 5.74) is 8.43. The number of aryl methyl sites for hydroxylation is 2. The molecule has 0 spiro atoms. The van der Waals surface area contributed by atoms with E-state index in [9.17, 15) is 10.1 Å². The van der Waals surface area contributed by atoms with Crippen molar-refractivity contribution in [1.82, 2.24) is 14.8 Å². The van der Waals surface area contributed by atoms with Crippen LogP contribution in [0.1, 0.15) is 39.5 Å². The number of benzene rings is 3. The van der Waals surface area contributed by atoms with Gasteiger partial charge in [-0.15, -0.1) is 0 Å². The Morgan fingerprint density at radius 1 is 0.902 bits per heavy atom. The van der Waals surface area contributed by atoms with Crippen molar-refractivity contribution in [3.8, 4) is 6.07 Å². The molecule has 4 aromatic rings. The van der Waals surface area contributed by atoms with E-state index < -0.39 is 0 Å². The molecule has 2 aliphatic heterocycles. The maximum absolute atomic E-state index is 13.9. The van der Waals surface area contributed by atoms with Crippen LogP contribution in [-0.2, 0) is 6.54 Å². The van der Waals surface area contributed by atoms with Crippen LogP contribution in [0.2, 0.25) is 0 Å². The zero-order valence-corrected chi connectivity index (χ0v) is 24.2. The predicted molar refractivity (Wildman–Crippen MR) is 166 cm³/mol. The maximum Gasteiger partial charge on any atom is 0.254 e. The molecule has 0 bridgehead atoms. The first kappa shape index (κ1) is 26.9. The highest BCUT2D eigenvalue weighted by Gasteiger charge is 2.30. The standard InChI is InChI=1S/C34H38N6O/c1-24-19-25(2)30(20-29(24)23-37-13-15-38(16-14-37)31-9-5-4-7-28(31)21-35)34(41)40-18-17-39(22-26(40)3)32-10-6-8-27-11-12-36-33(27)32/h4-12,19-20,26,36H,13-18,22-23H2,1-3H3/t26-/m0/s1. The Bertz CT molecular complexity index is 1610. The molecule has 2 fully saturated rings. The van der Waals surface area contributed by atoms with Crippen LogP contribution in [0.4, 0.5) is 11.4 Å². The molecule has 6 rings (SSSR count). The van der Waals surface area contributed by atoms with Gasteiger partial charge in [0.15, 0.2) is 0 Å². The number of nitrogens with one attached hydrogen (secondary N) is 1. The molecule has 7 heteroatoms. The summed E-state index contributed by atoms with van der Waals surface area (Å²) in [4.78, 5) is 26.5. The van der Waals surface area contributed by atoms with Gasteiger partial charge < -0.3 is 19.7 Å². The molecule has 2 aliphatic rings. The van der Waals surface area contributed by atoms with E-state index >= 15 is 0 Å². The van der Waals surface area contributed by atoms with Gasteiger partial charge in [-0.2, -0.15) is 5.26 Å². The summed E-state index contributed by atoms with van der Waals surface area (Å²) in [7, 11) is 0. The van der Waals surface area contributed by atoms with E-state index in [1.165, 1.54) is 22.2 Å². The lowest BCUT2D eigenvalue weighted by atomic mass is 9.97. The fraction of sp³-hybridized carbons (Fsp3) is 0.353. The summed E-state index contributed by atoms with van der Waals surface area (Å²) < 4.78 is 0. The summed E-state index contributed by atoms with van der Waals surface area (Å²) in [5, 5.41) is 10.7. The number of H-pyrrole nitrogens is 1. The van der Waals surface area contributed by atoms with Gasteiger partial charge in [-0.25, -0.2) is 0 Å². The van der Waals surface area contributed by atoms with Gasteiger partial charge in [-0.05, 0) is 67.8 Å². The predicted octanol–water partition coefficient (Wildman–Crippen LogP) is 5.33. The van der Waals surface area contributed by atoms with Crippen molar-refractivity contribution in [2.45, 2.75) is 33.4 Å². The lowest BCUT2D eigenvalue weighted by Crippen LogP contribution is -2.54. The average molecular weight is 547 g/mol. The molecule has 0 aliphatic carbocycles. The van der Waals surface area contributed by atoms with Crippen LogP contribution >= 0.6 is 0 Å². The Balaban J connectivity index is 1.13. The van der Waals surface area contributed by atoms with E-state index in [1.54, 1.807) is 0 Å². The summed E-state index contributed by atoms with van der Waals surface area (Å²) in [6, 6.07) is 23.1. The Labute approximate surface area is 242 Å². The lowest BCUT2D eigenvalue weighted by molar-refractivity contribution is 0.0673. The van der Waals surface area contributed by atoms with Gasteiger partial charge in [0.2, 0.25) is 0 Å². The minimum atomic E-state index is 0.106. The average Bonchev–Trinajstić information content (AvgIpc) is 3.48. The second-order valence-electron chi connectivity index (χ2n) is 11.5. The van der Waals surface area contributed by atoms with Crippen molar-refractivity contribution in [1.29, 1.82) is 5.26 Å². The number of nitrogens with zero attached hydrogens (tertiary/aromatic N) is 5. The first-order valence-corrected chi connectivity index (χ1v) is 14.6. The highest BCUT2D eigenvalue weighted by Crippen LogP contribution is 2.29. The summed E-state index contributed by atoms with van der Waals surface area (Å²) in [5.74, 6) is 0.131. The van der Waals surface area contributed by atoms with Crippen LogP contribution in [0, 0.1) is 25.2 Å². The van der Waals surface area contributed by atoms with Crippen LogP contribution in [-0.4, -0.2) is 72.5 Å². The molecule has 1 atom stereocenters. The van der Waals surface area contributed by atoms with E-state index in [-0.39, 0.29) is 11.9 Å². The highest BCUT2D eigenvalue weighted by molar-refractivity contribution is 5.96. The fourth-order valence-electron chi connectivity index (χ4n) is 6.49. The Morgan fingerprint density at radius 2 is 1.66 bits per heavy atom. The second kappa shape index (κ2) is 11.3. The van der Waals surface area contributed by atoms with Crippen molar-refractivity contribution in [2.24, 2.45) is 0 Å². The number of aromatic amines is 1. The van der Waals surface area contributed by atoms with Crippen LogP contribution in [0.5, 0.6) is 0 Å². The van der Waals surface area contributed by atoms with Gasteiger partial charge in [0.1, 0.15) is 6.07 Å². The molecule has 1 aromatic heterocycles. The Morgan fingerprint density at radius 3 is 2.44 bits per heavy atom. The van der Waals surface area contributed by atoms with E-state index in [2.05, 4.69) is 87.8 Å². The molecule has 0 unspecified atom stereocenters. The van der Waals surface area contributed by atoms with Crippen molar-refractivity contribution >= 4 is 28.2 Å². The van der Waals surface area contributed by atoms with E-state index in [4.69, 9.17) is 0 Å². The first-order valence-electron chi connectivity index (χ1n) is 14.6. The molecule has 210 valence electrons. The third kappa shape index (κ3) is 5.28. The number of fused-ring (bicyclic) bond motifs is 1. The monoisotopic (exact) mass is 546 g/mol. The zero-order chi connectivity index (χ0) is 28.5. The number of hydrogen-bond acceptors (Lipinski definition) is 5. The van der Waals surface area contributed by atoms with E-state index in [1.807, 2.05) is 30.5 Å². The number of piperazine rings is 2. The highest BCUT2D eigenvalue weighted by atomic mass is 16.2. The number of rotatable bonds is 5. The van der Waals surface area contributed by atoms with Gasteiger partial charge in [-0.3, -0.25) is 9.69 Å². The number of nitriles is 1. The number of amides is 1. The van der Waals surface area contributed by atoms with Gasteiger partial charge in [0, 0.05) is 75.5 Å². The number of para-hydroxylation sites is 2. The van der Waals surface area contributed by atoms with Crippen LogP contribution < -0.4 is 9.80 Å². The van der Waals surface area contributed by atoms with E-state index in [0.717, 1.165) is 73.7 Å². The quantitative estimate of drug-likeness (QED) is 0.367. The molecule has 0 radical (unpaired) electrons. The minimum absolute atomic E-state index is 0.106. The number of hydrogen-bond donors (Lipinski definition) is 1. The third-order valence-corrected chi connectivity index (χ3v) is 8.84. The second-order valence-corrected chi connectivity index (χ2v) is 11.5. The van der Waals surface area contributed by atoms with E-state index in [0.29, 0.717) is 6.54 Å². The van der Waals surface area contributed by atoms with Crippen molar-refractivity contribution in [3.63, 3.8) is 0 Å². The van der Waals surface area contributed by atoms with Gasteiger partial charge >= 0.3 is 0 Å². The Hall–Kier alpha value is -4.28. The summed E-state index contributed by atoms with van der Waals surface area (Å²) in [6.45, 7) is 13.1. The molecule has 0 saturated carbocycles. The van der Waals surface area contributed by atoms with Crippen LogP contribution in [0.15, 0.2) is 66.9 Å². The summed E-state index contributed by atoms with van der Waals surface area (Å²) >= 11 is 0. The number of anilines is 2. The molecule has 41 heavy (non-hydrogen) atoms. The molecule has 2 saturated heterocycles. The molecular weight excluding hydrogens is 508 g/mol. The topological polar surface area (TPSA) is 69.6 Å². The smallest absolute Gasteiger partial charge is 0.254 e. The van der Waals surface area contributed by atoms with Gasteiger partial charge in [0.25, 0.3) is 5.91 Å². The number of aromatic nitrogens is 1. The number of carbonyl (C=O) groups excluding carboxylic acids is 1. The minimum Gasteiger partial charge on any atom is -0.368 e. The zero-order valence-electron chi connectivity index (χ0n) is 24.2. The molecule has 3 heterocycles. The van der Waals surface area contributed by atoms with Crippen molar-refractivity contribution in [3.05, 3.63) is 94.7 Å². The normalized spacial score (nSPS) is 18.1.